The first-order chi connectivity index (χ1) is 9.24. The van der Waals surface area contributed by atoms with Crippen molar-refractivity contribution in [3.05, 3.63) is 29.8 Å². The lowest BCUT2D eigenvalue weighted by Crippen LogP contribution is -2.50. The van der Waals surface area contributed by atoms with Gasteiger partial charge in [0.15, 0.2) is 0 Å². The number of amides is 2. The maximum Gasteiger partial charge on any atom is 0.282 e. The van der Waals surface area contributed by atoms with Gasteiger partial charge in [-0.05, 0) is 12.5 Å². The van der Waals surface area contributed by atoms with Gasteiger partial charge >= 0.3 is 0 Å². The van der Waals surface area contributed by atoms with Crippen LogP contribution in [0.5, 0.6) is 0 Å². The van der Waals surface area contributed by atoms with Crippen LogP contribution in [0, 0.1) is 0 Å². The number of hydrogen-bond donors (Lipinski definition) is 2. The van der Waals surface area contributed by atoms with E-state index in [1.54, 1.807) is 12.1 Å². The van der Waals surface area contributed by atoms with E-state index in [1.165, 1.54) is 0 Å². The molecule has 5 heteroatoms. The first-order valence-corrected chi connectivity index (χ1v) is 6.51. The predicted octanol–water partition coefficient (Wildman–Crippen LogP) is 1.74. The Morgan fingerprint density at radius 3 is 2.89 bits per heavy atom. The summed E-state index contributed by atoms with van der Waals surface area (Å²) >= 11 is 0. The maximum absolute atomic E-state index is 12.1. The summed E-state index contributed by atoms with van der Waals surface area (Å²) in [7, 11) is 0. The van der Waals surface area contributed by atoms with E-state index in [1.807, 2.05) is 12.1 Å². The van der Waals surface area contributed by atoms with Gasteiger partial charge in [-0.15, -0.1) is 0 Å². The standard InChI is InChI=1S/C14H18N2O3/c1-2-3-6-9-19-14(15-10-17)11-7-4-5-8-12(11)16-13(14)18/h4-5,7-8,10H,2-3,6,9H2,1H3,(H,15,17)(H,16,18). The second-order valence-electron chi connectivity index (χ2n) is 4.50. The van der Waals surface area contributed by atoms with Crippen molar-refractivity contribution in [3.63, 3.8) is 0 Å². The Bertz CT molecular complexity index is 476. The number of fused-ring (bicyclic) bond motifs is 1. The number of carbonyl (C=O) groups excluding carboxylic acids is 2. The highest BCUT2D eigenvalue weighted by atomic mass is 16.5. The highest BCUT2D eigenvalue weighted by Gasteiger charge is 2.48. The SMILES string of the molecule is CCCCCOC1(NC=O)C(=O)Nc2ccccc21. The van der Waals surface area contributed by atoms with Gasteiger partial charge in [0, 0.05) is 11.3 Å². The van der Waals surface area contributed by atoms with Crippen LogP contribution < -0.4 is 10.6 Å². The van der Waals surface area contributed by atoms with Crippen LogP contribution in [0.25, 0.3) is 0 Å². The lowest BCUT2D eigenvalue weighted by molar-refractivity contribution is -0.150. The minimum absolute atomic E-state index is 0.350. The summed E-state index contributed by atoms with van der Waals surface area (Å²) in [6.07, 6.45) is 3.45. The summed E-state index contributed by atoms with van der Waals surface area (Å²) in [5.74, 6) is -0.350. The van der Waals surface area contributed by atoms with Crippen LogP contribution in [-0.2, 0) is 20.1 Å². The highest BCUT2D eigenvalue weighted by molar-refractivity contribution is 6.05. The zero-order valence-electron chi connectivity index (χ0n) is 10.9. The molecule has 2 rings (SSSR count). The molecule has 1 atom stereocenters. The van der Waals surface area contributed by atoms with Gasteiger partial charge < -0.3 is 15.4 Å². The summed E-state index contributed by atoms with van der Waals surface area (Å²) < 4.78 is 5.72. The number of hydrogen-bond acceptors (Lipinski definition) is 3. The lowest BCUT2D eigenvalue weighted by atomic mass is 10.0. The molecule has 2 amide bonds. The number of ether oxygens (including phenoxy) is 1. The minimum Gasteiger partial charge on any atom is -0.343 e. The molecule has 0 spiro atoms. The van der Waals surface area contributed by atoms with Crippen molar-refractivity contribution in [2.24, 2.45) is 0 Å². The molecule has 0 radical (unpaired) electrons. The van der Waals surface area contributed by atoms with Gasteiger partial charge in [0.05, 0.1) is 6.61 Å². The van der Waals surface area contributed by atoms with Crippen LogP contribution in [-0.4, -0.2) is 18.9 Å². The monoisotopic (exact) mass is 262 g/mol. The Labute approximate surface area is 112 Å². The van der Waals surface area contributed by atoms with Crippen molar-refractivity contribution in [3.8, 4) is 0 Å². The number of rotatable bonds is 7. The normalized spacial score (nSPS) is 20.8. The topological polar surface area (TPSA) is 67.4 Å². The Hall–Kier alpha value is -1.88. The minimum atomic E-state index is -1.38. The molecule has 1 unspecified atom stereocenters. The van der Waals surface area contributed by atoms with Crippen LogP contribution >= 0.6 is 0 Å². The smallest absolute Gasteiger partial charge is 0.282 e. The average molecular weight is 262 g/mol. The highest BCUT2D eigenvalue weighted by Crippen LogP contribution is 2.36. The van der Waals surface area contributed by atoms with Crippen LogP contribution in [0.1, 0.15) is 31.7 Å². The van der Waals surface area contributed by atoms with Crippen molar-refractivity contribution in [1.29, 1.82) is 0 Å². The summed E-state index contributed by atoms with van der Waals surface area (Å²) in [5.41, 5.74) is -0.0486. The van der Waals surface area contributed by atoms with Gasteiger partial charge in [-0.3, -0.25) is 9.59 Å². The van der Waals surface area contributed by atoms with Crippen molar-refractivity contribution in [2.75, 3.05) is 11.9 Å². The van der Waals surface area contributed by atoms with Gasteiger partial charge in [-0.2, -0.15) is 0 Å². The van der Waals surface area contributed by atoms with Crippen LogP contribution in [0.4, 0.5) is 5.69 Å². The van der Waals surface area contributed by atoms with E-state index in [4.69, 9.17) is 4.74 Å². The number of carbonyl (C=O) groups is 2. The Morgan fingerprint density at radius 1 is 1.37 bits per heavy atom. The van der Waals surface area contributed by atoms with E-state index in [0.29, 0.717) is 24.3 Å². The average Bonchev–Trinajstić information content (AvgIpc) is 2.69. The second-order valence-corrected chi connectivity index (χ2v) is 4.50. The molecule has 1 aromatic carbocycles. The fourth-order valence-electron chi connectivity index (χ4n) is 2.22. The second kappa shape index (κ2) is 5.84. The van der Waals surface area contributed by atoms with Gasteiger partial charge in [0.25, 0.3) is 5.91 Å². The van der Waals surface area contributed by atoms with E-state index in [-0.39, 0.29) is 5.91 Å². The van der Waals surface area contributed by atoms with E-state index >= 15 is 0 Å². The zero-order chi connectivity index (χ0) is 13.7. The molecule has 1 aromatic rings. The fourth-order valence-corrected chi connectivity index (χ4v) is 2.22. The molecule has 1 aliphatic rings. The quantitative estimate of drug-likeness (QED) is 0.447. The van der Waals surface area contributed by atoms with E-state index in [2.05, 4.69) is 17.6 Å². The molecule has 1 heterocycles. The summed E-state index contributed by atoms with van der Waals surface area (Å²) in [6.45, 7) is 2.52. The first kappa shape index (κ1) is 13.5. The van der Waals surface area contributed by atoms with Crippen molar-refractivity contribution >= 4 is 18.0 Å². The Morgan fingerprint density at radius 2 is 2.16 bits per heavy atom. The largest absolute Gasteiger partial charge is 0.343 e. The summed E-state index contributed by atoms with van der Waals surface area (Å²) in [4.78, 5) is 23.0. The molecule has 0 aromatic heterocycles. The molecule has 102 valence electrons. The van der Waals surface area contributed by atoms with Crippen molar-refractivity contribution in [2.45, 2.75) is 31.9 Å². The van der Waals surface area contributed by atoms with E-state index < -0.39 is 5.72 Å². The number of nitrogens with one attached hydrogen (secondary N) is 2. The Kier molecular flexibility index (Phi) is 4.16. The molecule has 0 bridgehead atoms. The third kappa shape index (κ3) is 2.46. The molecule has 19 heavy (non-hydrogen) atoms. The number of benzene rings is 1. The van der Waals surface area contributed by atoms with Gasteiger partial charge in [0.1, 0.15) is 0 Å². The molecule has 2 N–H and O–H groups in total. The van der Waals surface area contributed by atoms with Gasteiger partial charge in [-0.25, -0.2) is 0 Å². The predicted molar refractivity (Wildman–Crippen MR) is 71.4 cm³/mol. The maximum atomic E-state index is 12.1. The Balaban J connectivity index is 2.23. The molecule has 1 aliphatic heterocycles. The van der Waals surface area contributed by atoms with Crippen molar-refractivity contribution < 1.29 is 14.3 Å². The summed E-state index contributed by atoms with van der Waals surface area (Å²) in [5, 5.41) is 5.25. The number of anilines is 1. The molecule has 0 saturated heterocycles. The lowest BCUT2D eigenvalue weighted by Gasteiger charge is -2.26. The number of para-hydroxylation sites is 1. The molecular formula is C14H18N2O3. The van der Waals surface area contributed by atoms with Crippen LogP contribution in [0.2, 0.25) is 0 Å². The van der Waals surface area contributed by atoms with E-state index in [9.17, 15) is 9.59 Å². The van der Waals surface area contributed by atoms with Crippen LogP contribution in [0.3, 0.4) is 0 Å². The molecular weight excluding hydrogens is 244 g/mol. The van der Waals surface area contributed by atoms with Crippen molar-refractivity contribution in [1.82, 2.24) is 5.32 Å². The third-order valence-corrected chi connectivity index (χ3v) is 3.20. The van der Waals surface area contributed by atoms with Crippen LogP contribution in [0.15, 0.2) is 24.3 Å². The van der Waals surface area contributed by atoms with Gasteiger partial charge in [-0.1, -0.05) is 38.0 Å². The third-order valence-electron chi connectivity index (χ3n) is 3.20. The van der Waals surface area contributed by atoms with Gasteiger partial charge in [0.2, 0.25) is 12.1 Å². The molecule has 5 nitrogen and oxygen atoms in total. The molecule has 0 fully saturated rings. The first-order valence-electron chi connectivity index (χ1n) is 6.51. The summed E-state index contributed by atoms with van der Waals surface area (Å²) in [6, 6.07) is 7.21. The molecule has 0 saturated carbocycles. The number of unbranched alkanes of at least 4 members (excludes halogenated alkanes) is 2. The fraction of sp³-hybridized carbons (Fsp3) is 0.429. The zero-order valence-corrected chi connectivity index (χ0v) is 10.9. The molecule has 0 aliphatic carbocycles. The van der Waals surface area contributed by atoms with E-state index in [0.717, 1.165) is 19.3 Å².